The molecule has 0 saturated carbocycles. The molecule has 3 nitrogen and oxygen atoms in total. The maximum Gasteiger partial charge on any atom is 0.0719 e. The molecule has 2 heterocycles. The van der Waals surface area contributed by atoms with E-state index in [0.717, 1.165) is 35.5 Å². The molecular weight excluding hydrogens is 238 g/mol. The molecule has 0 spiro atoms. The first-order chi connectivity index (χ1) is 9.26. The Morgan fingerprint density at radius 1 is 1.21 bits per heavy atom. The van der Waals surface area contributed by atoms with Crippen LogP contribution in [0.3, 0.4) is 0 Å². The third-order valence-corrected chi connectivity index (χ3v) is 3.47. The molecule has 0 bridgehead atoms. The number of benzene rings is 1. The average molecular weight is 255 g/mol. The molecule has 19 heavy (non-hydrogen) atoms. The molecule has 1 aromatic carbocycles. The number of pyridine rings is 1. The van der Waals surface area contributed by atoms with E-state index in [1.165, 1.54) is 11.1 Å². The summed E-state index contributed by atoms with van der Waals surface area (Å²) in [6.07, 6.45) is 0.960. The Kier molecular flexibility index (Phi) is 3.32. The summed E-state index contributed by atoms with van der Waals surface area (Å²) in [5.41, 5.74) is 6.49. The van der Waals surface area contributed by atoms with Crippen LogP contribution in [0.4, 0.5) is 0 Å². The zero-order valence-electron chi connectivity index (χ0n) is 11.0. The molecule has 1 aliphatic heterocycles. The molecule has 3 rings (SSSR count). The van der Waals surface area contributed by atoms with E-state index in [0.29, 0.717) is 6.61 Å². The van der Waals surface area contributed by atoms with Gasteiger partial charge in [-0.3, -0.25) is 4.98 Å². The quantitative estimate of drug-likeness (QED) is 0.897. The van der Waals surface area contributed by atoms with Crippen molar-refractivity contribution in [2.75, 3.05) is 6.61 Å². The maximum absolute atomic E-state index is 9.28. The number of aliphatic hydroxyl groups excluding tert-OH is 1. The van der Waals surface area contributed by atoms with E-state index in [1.54, 1.807) is 0 Å². The molecule has 0 atom stereocenters. The standard InChI is InChI=1S/C16H17NO2/c1-11-6-12(9-18)7-16(17-11)14-2-3-15-10-19-5-4-13(15)8-14/h2-3,6-8,18H,4-5,9-10H2,1H3. The summed E-state index contributed by atoms with van der Waals surface area (Å²) in [7, 11) is 0. The third-order valence-electron chi connectivity index (χ3n) is 3.47. The number of ether oxygens (including phenoxy) is 1. The number of rotatable bonds is 2. The highest BCUT2D eigenvalue weighted by Crippen LogP contribution is 2.25. The Labute approximate surface area is 112 Å². The molecular formula is C16H17NO2. The molecule has 1 N–H and O–H groups in total. The molecule has 3 heteroatoms. The van der Waals surface area contributed by atoms with Crippen LogP contribution in [0.15, 0.2) is 30.3 Å². The van der Waals surface area contributed by atoms with Crippen molar-refractivity contribution in [2.45, 2.75) is 26.6 Å². The molecule has 0 radical (unpaired) electrons. The van der Waals surface area contributed by atoms with Crippen molar-refractivity contribution >= 4 is 0 Å². The highest BCUT2D eigenvalue weighted by molar-refractivity contribution is 5.62. The van der Waals surface area contributed by atoms with Crippen LogP contribution in [-0.2, 0) is 24.4 Å². The van der Waals surface area contributed by atoms with Crippen LogP contribution in [0.5, 0.6) is 0 Å². The topological polar surface area (TPSA) is 42.4 Å². The predicted molar refractivity (Wildman–Crippen MR) is 73.7 cm³/mol. The van der Waals surface area contributed by atoms with Crippen LogP contribution < -0.4 is 0 Å². The molecule has 0 fully saturated rings. The SMILES string of the molecule is Cc1cc(CO)cc(-c2ccc3c(c2)CCOC3)n1. The Hall–Kier alpha value is -1.71. The first kappa shape index (κ1) is 12.3. The van der Waals surface area contributed by atoms with Crippen molar-refractivity contribution in [1.82, 2.24) is 4.98 Å². The van der Waals surface area contributed by atoms with E-state index >= 15 is 0 Å². The summed E-state index contributed by atoms with van der Waals surface area (Å²) >= 11 is 0. The van der Waals surface area contributed by atoms with Gasteiger partial charge >= 0.3 is 0 Å². The molecule has 2 aromatic rings. The second-order valence-corrected chi connectivity index (χ2v) is 4.95. The molecule has 0 amide bonds. The lowest BCUT2D eigenvalue weighted by Gasteiger charge is -2.17. The Morgan fingerprint density at radius 3 is 2.95 bits per heavy atom. The number of hydrogen-bond donors (Lipinski definition) is 1. The molecule has 1 aliphatic rings. The smallest absolute Gasteiger partial charge is 0.0719 e. The van der Waals surface area contributed by atoms with Gasteiger partial charge in [0.2, 0.25) is 0 Å². The van der Waals surface area contributed by atoms with Gasteiger partial charge in [0.15, 0.2) is 0 Å². The van der Waals surface area contributed by atoms with E-state index < -0.39 is 0 Å². The molecule has 0 aliphatic carbocycles. The van der Waals surface area contributed by atoms with Crippen molar-refractivity contribution < 1.29 is 9.84 Å². The van der Waals surface area contributed by atoms with Gasteiger partial charge in [-0.05, 0) is 48.2 Å². The van der Waals surface area contributed by atoms with Crippen molar-refractivity contribution in [3.05, 3.63) is 52.7 Å². The van der Waals surface area contributed by atoms with Gasteiger partial charge in [-0.15, -0.1) is 0 Å². The summed E-state index contributed by atoms with van der Waals surface area (Å²) in [6, 6.07) is 10.3. The summed E-state index contributed by atoms with van der Waals surface area (Å²) in [5.74, 6) is 0. The highest BCUT2D eigenvalue weighted by atomic mass is 16.5. The van der Waals surface area contributed by atoms with Gasteiger partial charge in [0.05, 0.1) is 25.5 Å². The summed E-state index contributed by atoms with van der Waals surface area (Å²) < 4.78 is 5.45. The van der Waals surface area contributed by atoms with Crippen LogP contribution in [0.25, 0.3) is 11.3 Å². The minimum absolute atomic E-state index is 0.0507. The zero-order valence-corrected chi connectivity index (χ0v) is 11.0. The summed E-state index contributed by atoms with van der Waals surface area (Å²) in [5, 5.41) is 9.28. The number of hydrogen-bond acceptors (Lipinski definition) is 3. The van der Waals surface area contributed by atoms with Gasteiger partial charge in [-0.1, -0.05) is 12.1 Å². The van der Waals surface area contributed by atoms with Gasteiger partial charge in [0, 0.05) is 11.3 Å². The fourth-order valence-corrected chi connectivity index (χ4v) is 2.50. The third kappa shape index (κ3) is 2.53. The van der Waals surface area contributed by atoms with E-state index in [4.69, 9.17) is 4.74 Å². The summed E-state index contributed by atoms with van der Waals surface area (Å²) in [4.78, 5) is 4.56. The summed E-state index contributed by atoms with van der Waals surface area (Å²) in [6.45, 7) is 3.50. The average Bonchev–Trinajstić information content (AvgIpc) is 2.46. The lowest BCUT2D eigenvalue weighted by atomic mass is 9.98. The molecule has 1 aromatic heterocycles. The maximum atomic E-state index is 9.28. The number of fused-ring (bicyclic) bond motifs is 1. The predicted octanol–water partition coefficient (Wildman–Crippen LogP) is 2.62. The lowest BCUT2D eigenvalue weighted by Crippen LogP contribution is -2.09. The van der Waals surface area contributed by atoms with E-state index in [2.05, 4.69) is 23.2 Å². The molecule has 0 unspecified atom stereocenters. The Bertz CT molecular complexity index is 608. The second kappa shape index (κ2) is 5.11. The molecule has 0 saturated heterocycles. The Morgan fingerprint density at radius 2 is 2.11 bits per heavy atom. The largest absolute Gasteiger partial charge is 0.392 e. The lowest BCUT2D eigenvalue weighted by molar-refractivity contribution is 0.111. The fraction of sp³-hybridized carbons (Fsp3) is 0.312. The van der Waals surface area contributed by atoms with E-state index in [1.807, 2.05) is 19.1 Å². The van der Waals surface area contributed by atoms with Crippen LogP contribution in [0.2, 0.25) is 0 Å². The van der Waals surface area contributed by atoms with Gasteiger partial charge in [-0.25, -0.2) is 0 Å². The van der Waals surface area contributed by atoms with Crippen LogP contribution >= 0.6 is 0 Å². The van der Waals surface area contributed by atoms with Gasteiger partial charge in [-0.2, -0.15) is 0 Å². The monoisotopic (exact) mass is 255 g/mol. The number of aryl methyl sites for hydroxylation is 1. The van der Waals surface area contributed by atoms with E-state index in [9.17, 15) is 5.11 Å². The van der Waals surface area contributed by atoms with Crippen LogP contribution in [0, 0.1) is 6.92 Å². The molecule has 98 valence electrons. The van der Waals surface area contributed by atoms with Gasteiger partial charge < -0.3 is 9.84 Å². The normalized spacial score (nSPS) is 14.2. The fourth-order valence-electron chi connectivity index (χ4n) is 2.50. The zero-order chi connectivity index (χ0) is 13.2. The van der Waals surface area contributed by atoms with Crippen molar-refractivity contribution in [2.24, 2.45) is 0 Å². The first-order valence-electron chi connectivity index (χ1n) is 6.54. The van der Waals surface area contributed by atoms with Crippen molar-refractivity contribution in [3.63, 3.8) is 0 Å². The second-order valence-electron chi connectivity index (χ2n) is 4.95. The van der Waals surface area contributed by atoms with Gasteiger partial charge in [0.1, 0.15) is 0 Å². The van der Waals surface area contributed by atoms with Crippen molar-refractivity contribution in [3.8, 4) is 11.3 Å². The number of aliphatic hydroxyl groups is 1. The minimum atomic E-state index is 0.0507. The highest BCUT2D eigenvalue weighted by Gasteiger charge is 2.11. The number of nitrogens with zero attached hydrogens (tertiary/aromatic N) is 1. The Balaban J connectivity index is 2.04. The van der Waals surface area contributed by atoms with Crippen LogP contribution in [0.1, 0.15) is 22.4 Å². The number of aromatic nitrogens is 1. The van der Waals surface area contributed by atoms with Crippen molar-refractivity contribution in [1.29, 1.82) is 0 Å². The van der Waals surface area contributed by atoms with Gasteiger partial charge in [0.25, 0.3) is 0 Å². The minimum Gasteiger partial charge on any atom is -0.392 e. The first-order valence-corrected chi connectivity index (χ1v) is 6.54. The van der Waals surface area contributed by atoms with E-state index in [-0.39, 0.29) is 6.61 Å². The van der Waals surface area contributed by atoms with Crippen LogP contribution in [-0.4, -0.2) is 16.7 Å².